The van der Waals surface area contributed by atoms with Gasteiger partial charge in [-0.25, -0.2) is 9.97 Å². The summed E-state index contributed by atoms with van der Waals surface area (Å²) in [7, 11) is 0. The quantitative estimate of drug-likeness (QED) is 0.862. The number of imidazole rings is 1. The van der Waals surface area contributed by atoms with E-state index in [4.69, 9.17) is 11.6 Å². The molecule has 5 nitrogen and oxygen atoms in total. The number of hydrogen-bond donors (Lipinski definition) is 1. The average Bonchev–Trinajstić information content (AvgIpc) is 2.81. The first-order valence-corrected chi connectivity index (χ1v) is 7.29. The first kappa shape index (κ1) is 14.8. The highest BCUT2D eigenvalue weighted by Gasteiger charge is 2.21. The van der Waals surface area contributed by atoms with Crippen LogP contribution in [0, 0.1) is 6.92 Å². The number of pyridine rings is 1. The van der Waals surface area contributed by atoms with Crippen LogP contribution in [-0.4, -0.2) is 27.0 Å². The lowest BCUT2D eigenvalue weighted by Crippen LogP contribution is -2.32. The predicted octanol–water partition coefficient (Wildman–Crippen LogP) is 2.57. The van der Waals surface area contributed by atoms with E-state index in [-0.39, 0.29) is 17.8 Å². The number of nitrogens with zero attached hydrogens (tertiary/aromatic N) is 3. The van der Waals surface area contributed by atoms with Gasteiger partial charge in [0.05, 0.1) is 5.88 Å². The zero-order chi connectivity index (χ0) is 14.7. The molecule has 2 heterocycles. The van der Waals surface area contributed by atoms with Crippen LogP contribution in [0.1, 0.15) is 37.7 Å². The number of hydrogen-bond acceptors (Lipinski definition) is 3. The zero-order valence-corrected chi connectivity index (χ0v) is 12.7. The van der Waals surface area contributed by atoms with E-state index in [0.29, 0.717) is 18.0 Å². The Labute approximate surface area is 123 Å². The molecule has 0 fully saturated rings. The second-order valence-corrected chi connectivity index (χ2v) is 5.12. The van der Waals surface area contributed by atoms with Gasteiger partial charge in [-0.05, 0) is 31.9 Å². The van der Waals surface area contributed by atoms with E-state index in [1.807, 2.05) is 31.4 Å². The molecular weight excluding hydrogens is 276 g/mol. The summed E-state index contributed by atoms with van der Waals surface area (Å²) in [6, 6.07) is 1.57. The van der Waals surface area contributed by atoms with E-state index < -0.39 is 0 Å². The molecule has 1 amide bonds. The molecule has 2 aromatic heterocycles. The molecule has 0 aromatic carbocycles. The van der Waals surface area contributed by atoms with Crippen molar-refractivity contribution in [1.29, 1.82) is 0 Å². The van der Waals surface area contributed by atoms with Gasteiger partial charge in [0, 0.05) is 12.7 Å². The first-order valence-electron chi connectivity index (χ1n) is 6.75. The second kappa shape index (κ2) is 6.22. The highest BCUT2D eigenvalue weighted by molar-refractivity contribution is 6.16. The van der Waals surface area contributed by atoms with Crippen molar-refractivity contribution in [2.24, 2.45) is 0 Å². The lowest BCUT2D eigenvalue weighted by molar-refractivity contribution is -0.123. The Hall–Kier alpha value is -1.62. The molecule has 2 aromatic rings. The number of nitrogens with one attached hydrogen (secondary N) is 1. The van der Waals surface area contributed by atoms with E-state index in [0.717, 1.165) is 17.5 Å². The van der Waals surface area contributed by atoms with Gasteiger partial charge >= 0.3 is 0 Å². The number of rotatable bonds is 5. The number of carbonyl (C=O) groups excluding carboxylic acids is 1. The molecule has 0 radical (unpaired) electrons. The molecule has 0 saturated heterocycles. The predicted molar refractivity (Wildman–Crippen MR) is 79.8 cm³/mol. The normalized spacial score (nSPS) is 12.6. The van der Waals surface area contributed by atoms with Crippen LogP contribution in [0.5, 0.6) is 0 Å². The molecule has 1 unspecified atom stereocenters. The molecule has 0 aliphatic heterocycles. The molecule has 20 heavy (non-hydrogen) atoms. The van der Waals surface area contributed by atoms with Gasteiger partial charge < -0.3 is 5.32 Å². The smallest absolute Gasteiger partial charge is 0.242 e. The Morgan fingerprint density at radius 2 is 2.30 bits per heavy atom. The maximum atomic E-state index is 12.1. The van der Waals surface area contributed by atoms with Gasteiger partial charge in [0.15, 0.2) is 5.65 Å². The van der Waals surface area contributed by atoms with Crippen LogP contribution in [-0.2, 0) is 10.7 Å². The lowest BCUT2D eigenvalue weighted by atomic mass is 10.2. The van der Waals surface area contributed by atoms with E-state index >= 15 is 0 Å². The maximum Gasteiger partial charge on any atom is 0.242 e. The minimum atomic E-state index is -0.379. The SMILES string of the molecule is CCCNC(=O)C(C)n1c(CCl)nc2cc(C)cnc21. The molecule has 0 spiro atoms. The summed E-state index contributed by atoms with van der Waals surface area (Å²) < 4.78 is 1.81. The summed E-state index contributed by atoms with van der Waals surface area (Å²) >= 11 is 5.95. The largest absolute Gasteiger partial charge is 0.354 e. The van der Waals surface area contributed by atoms with E-state index in [1.165, 1.54) is 0 Å². The minimum absolute atomic E-state index is 0.0418. The summed E-state index contributed by atoms with van der Waals surface area (Å²) in [4.78, 5) is 21.0. The Bertz CT molecular complexity index is 623. The van der Waals surface area contributed by atoms with Crippen molar-refractivity contribution in [3.8, 4) is 0 Å². The van der Waals surface area contributed by atoms with Crippen LogP contribution < -0.4 is 5.32 Å². The van der Waals surface area contributed by atoms with E-state index in [9.17, 15) is 4.79 Å². The van der Waals surface area contributed by atoms with Crippen molar-refractivity contribution < 1.29 is 4.79 Å². The Balaban J connectivity index is 2.43. The summed E-state index contributed by atoms with van der Waals surface area (Å²) in [5.74, 6) is 0.875. The monoisotopic (exact) mass is 294 g/mol. The summed E-state index contributed by atoms with van der Waals surface area (Å²) in [5.41, 5.74) is 2.51. The number of halogens is 1. The fraction of sp³-hybridized carbons (Fsp3) is 0.500. The number of fused-ring (bicyclic) bond motifs is 1. The van der Waals surface area contributed by atoms with Crippen molar-refractivity contribution in [1.82, 2.24) is 19.9 Å². The molecule has 0 bridgehead atoms. The summed E-state index contributed by atoms with van der Waals surface area (Å²) in [6.07, 6.45) is 2.68. The van der Waals surface area contributed by atoms with Crippen LogP contribution in [0.25, 0.3) is 11.2 Å². The standard InChI is InChI=1S/C14H19ClN4O/c1-4-5-16-14(20)10(3)19-12(7-15)18-11-6-9(2)8-17-13(11)19/h6,8,10H,4-5,7H2,1-3H3,(H,16,20). The van der Waals surface area contributed by atoms with Gasteiger partial charge in [-0.1, -0.05) is 6.92 Å². The maximum absolute atomic E-state index is 12.1. The fourth-order valence-electron chi connectivity index (χ4n) is 2.14. The molecule has 0 aliphatic rings. The molecule has 1 atom stereocenters. The van der Waals surface area contributed by atoms with Gasteiger partial charge in [0.25, 0.3) is 0 Å². The van der Waals surface area contributed by atoms with Crippen LogP contribution in [0.15, 0.2) is 12.3 Å². The number of aryl methyl sites for hydroxylation is 1. The third kappa shape index (κ3) is 2.77. The van der Waals surface area contributed by atoms with Gasteiger partial charge in [-0.15, -0.1) is 11.6 Å². The number of alkyl halides is 1. The molecule has 0 aliphatic carbocycles. The van der Waals surface area contributed by atoms with Gasteiger partial charge in [0.2, 0.25) is 5.91 Å². The molecule has 2 rings (SSSR count). The third-order valence-corrected chi connectivity index (χ3v) is 3.41. The molecule has 0 saturated carbocycles. The molecule has 6 heteroatoms. The summed E-state index contributed by atoms with van der Waals surface area (Å²) in [6.45, 7) is 6.48. The topological polar surface area (TPSA) is 59.8 Å². The van der Waals surface area contributed by atoms with Crippen molar-refractivity contribution in [3.63, 3.8) is 0 Å². The third-order valence-electron chi connectivity index (χ3n) is 3.18. The van der Waals surface area contributed by atoms with Crippen molar-refractivity contribution >= 4 is 28.7 Å². The van der Waals surface area contributed by atoms with Gasteiger partial charge in [-0.3, -0.25) is 9.36 Å². The Kier molecular flexibility index (Phi) is 4.60. The Morgan fingerprint density at radius 3 is 2.95 bits per heavy atom. The van der Waals surface area contributed by atoms with E-state index in [2.05, 4.69) is 15.3 Å². The van der Waals surface area contributed by atoms with Crippen LogP contribution >= 0.6 is 11.6 Å². The van der Waals surface area contributed by atoms with Crippen LogP contribution in [0.3, 0.4) is 0 Å². The number of carbonyl (C=O) groups is 1. The lowest BCUT2D eigenvalue weighted by Gasteiger charge is -2.16. The zero-order valence-electron chi connectivity index (χ0n) is 12.0. The van der Waals surface area contributed by atoms with Crippen LogP contribution in [0.4, 0.5) is 0 Å². The fourth-order valence-corrected chi connectivity index (χ4v) is 2.33. The minimum Gasteiger partial charge on any atom is -0.354 e. The average molecular weight is 295 g/mol. The number of aromatic nitrogens is 3. The van der Waals surface area contributed by atoms with Crippen molar-refractivity contribution in [2.75, 3.05) is 6.54 Å². The Morgan fingerprint density at radius 1 is 1.55 bits per heavy atom. The molecular formula is C14H19ClN4O. The molecule has 1 N–H and O–H groups in total. The number of amides is 1. The first-order chi connectivity index (χ1) is 9.58. The second-order valence-electron chi connectivity index (χ2n) is 4.85. The van der Waals surface area contributed by atoms with Crippen LogP contribution in [0.2, 0.25) is 0 Å². The van der Waals surface area contributed by atoms with E-state index in [1.54, 1.807) is 6.20 Å². The highest BCUT2D eigenvalue weighted by Crippen LogP contribution is 2.21. The highest BCUT2D eigenvalue weighted by atomic mass is 35.5. The van der Waals surface area contributed by atoms with Crippen molar-refractivity contribution in [2.45, 2.75) is 39.1 Å². The summed E-state index contributed by atoms with van der Waals surface area (Å²) in [5, 5.41) is 2.89. The van der Waals surface area contributed by atoms with Gasteiger partial charge in [-0.2, -0.15) is 0 Å². The molecule has 108 valence electrons. The van der Waals surface area contributed by atoms with Crippen molar-refractivity contribution in [3.05, 3.63) is 23.7 Å². The van der Waals surface area contributed by atoms with Gasteiger partial charge in [0.1, 0.15) is 17.4 Å².